The average molecular weight is 362 g/mol. The summed E-state index contributed by atoms with van der Waals surface area (Å²) < 4.78 is 8.93. The monoisotopic (exact) mass is 361 g/mol. The second kappa shape index (κ2) is 8.17. The smallest absolute Gasteiger partial charge is 0.349 e. The van der Waals surface area contributed by atoms with Crippen LogP contribution in [-0.4, -0.2) is 48.5 Å². The number of carbonyl (C=O) groups excluding carboxylic acids is 2. The van der Waals surface area contributed by atoms with E-state index in [4.69, 9.17) is 4.74 Å². The van der Waals surface area contributed by atoms with Gasteiger partial charge < -0.3 is 14.7 Å². The number of alkyl halides is 1. The number of esters is 1. The van der Waals surface area contributed by atoms with E-state index in [9.17, 15) is 9.59 Å². The van der Waals surface area contributed by atoms with Crippen molar-refractivity contribution < 1.29 is 14.3 Å². The molecule has 110 valence electrons. The molecular weight excluding hydrogens is 345 g/mol. The van der Waals surface area contributed by atoms with Crippen molar-refractivity contribution in [3.8, 4) is 0 Å². The number of rotatable bonds is 4. The molecule has 0 spiro atoms. The molecule has 1 amide bonds. The molecule has 0 saturated heterocycles. The van der Waals surface area contributed by atoms with Crippen LogP contribution in [0.1, 0.15) is 6.92 Å². The second-order valence-corrected chi connectivity index (χ2v) is 6.64. The number of hydrogen-bond acceptors (Lipinski definition) is 5. The normalized spacial score (nSPS) is 21.9. The van der Waals surface area contributed by atoms with E-state index in [0.717, 1.165) is 6.21 Å². The lowest BCUT2D eigenvalue weighted by molar-refractivity contribution is -0.134. The lowest BCUT2D eigenvalue weighted by Crippen LogP contribution is -2.24. The first kappa shape index (κ1) is 16.9. The minimum absolute atomic E-state index is 0.0563. The first-order valence-electron chi connectivity index (χ1n) is 5.97. The summed E-state index contributed by atoms with van der Waals surface area (Å²) in [6, 6.07) is 0. The molecule has 1 aliphatic rings. The van der Waals surface area contributed by atoms with Gasteiger partial charge in [-0.2, -0.15) is 0 Å². The van der Waals surface area contributed by atoms with Gasteiger partial charge in [0.1, 0.15) is 6.21 Å². The first-order valence-corrected chi connectivity index (χ1v) is 8.18. The van der Waals surface area contributed by atoms with Crippen LogP contribution in [0.3, 0.4) is 0 Å². The van der Waals surface area contributed by atoms with Gasteiger partial charge in [0.05, 0.1) is 16.7 Å². The summed E-state index contributed by atoms with van der Waals surface area (Å²) in [6.45, 7) is 2.01. The van der Waals surface area contributed by atoms with Crippen LogP contribution in [0.25, 0.3) is 0 Å². The number of ether oxygens (including phenoxy) is 1. The summed E-state index contributed by atoms with van der Waals surface area (Å²) >= 11 is 3.42. The Bertz CT molecular complexity index is 463. The predicted molar refractivity (Wildman–Crippen MR) is 83.8 cm³/mol. The highest BCUT2D eigenvalue weighted by atomic mass is 79.9. The van der Waals surface area contributed by atoms with E-state index >= 15 is 0 Å². The topological polar surface area (TPSA) is 71.0 Å². The molecule has 8 heteroatoms. The number of carbonyl (C=O) groups is 2. The Balaban J connectivity index is 2.94. The molecule has 0 bridgehead atoms. The summed E-state index contributed by atoms with van der Waals surface area (Å²) in [5.74, 6) is -0.658. The standard InChI is InChI=1S/C12H17BrN3O3P/c1-4-19-11(17)8-15-20-10(12(18)16(2)3)7-9(13)5-6-14-20/h5-9,14H,4H2,1-3H3/b15-8+. The highest BCUT2D eigenvalue weighted by Crippen LogP contribution is 2.44. The van der Waals surface area contributed by atoms with Crippen molar-refractivity contribution in [1.82, 2.24) is 9.99 Å². The maximum Gasteiger partial charge on any atom is 0.349 e. The van der Waals surface area contributed by atoms with Crippen molar-refractivity contribution in [2.75, 3.05) is 20.7 Å². The molecule has 0 aromatic rings. The molecule has 1 rings (SSSR count). The number of likely N-dealkylation sites (N-methyl/N-ethyl adjacent to an activating group) is 1. The van der Waals surface area contributed by atoms with Gasteiger partial charge in [-0.1, -0.05) is 28.1 Å². The minimum atomic E-state index is -1.33. The highest BCUT2D eigenvalue weighted by molar-refractivity contribution is 9.09. The van der Waals surface area contributed by atoms with E-state index in [-0.39, 0.29) is 10.7 Å². The zero-order valence-electron chi connectivity index (χ0n) is 11.5. The summed E-state index contributed by atoms with van der Waals surface area (Å²) in [5.41, 5.74) is 0. The Hall–Kier alpha value is -1.20. The molecule has 2 unspecified atom stereocenters. The van der Waals surface area contributed by atoms with E-state index in [1.165, 1.54) is 4.90 Å². The Morgan fingerprint density at radius 3 is 2.90 bits per heavy atom. The molecule has 20 heavy (non-hydrogen) atoms. The number of halogens is 1. The van der Waals surface area contributed by atoms with Crippen LogP contribution >= 0.6 is 24.2 Å². The van der Waals surface area contributed by atoms with Crippen molar-refractivity contribution in [3.63, 3.8) is 0 Å². The fourth-order valence-corrected chi connectivity index (χ4v) is 3.39. The van der Waals surface area contributed by atoms with Crippen LogP contribution in [0.4, 0.5) is 0 Å². The quantitative estimate of drug-likeness (QED) is 0.358. The fraction of sp³-hybridized carbons (Fsp3) is 0.417. The largest absolute Gasteiger partial charge is 0.462 e. The van der Waals surface area contributed by atoms with Crippen molar-refractivity contribution in [2.45, 2.75) is 11.8 Å². The molecule has 1 aliphatic heterocycles. The highest BCUT2D eigenvalue weighted by Gasteiger charge is 2.24. The van der Waals surface area contributed by atoms with E-state index in [1.54, 1.807) is 33.3 Å². The van der Waals surface area contributed by atoms with Gasteiger partial charge in [0, 0.05) is 14.1 Å². The van der Waals surface area contributed by atoms with E-state index < -0.39 is 14.2 Å². The maximum absolute atomic E-state index is 12.2. The van der Waals surface area contributed by atoms with Crippen molar-refractivity contribution in [1.29, 1.82) is 0 Å². The Labute approximate surface area is 127 Å². The van der Waals surface area contributed by atoms with Crippen molar-refractivity contribution >= 4 is 42.2 Å². The third kappa shape index (κ3) is 5.06. The third-order valence-electron chi connectivity index (χ3n) is 2.21. The van der Waals surface area contributed by atoms with Crippen LogP contribution in [0.5, 0.6) is 0 Å². The summed E-state index contributed by atoms with van der Waals surface area (Å²) in [4.78, 5) is 24.9. The molecule has 0 aromatic heterocycles. The first-order chi connectivity index (χ1) is 9.45. The van der Waals surface area contributed by atoms with E-state index in [2.05, 4.69) is 25.8 Å². The van der Waals surface area contributed by atoms with Crippen molar-refractivity contribution in [2.24, 2.45) is 4.76 Å². The van der Waals surface area contributed by atoms with Crippen LogP contribution < -0.4 is 5.09 Å². The molecule has 1 N–H and O–H groups in total. The Morgan fingerprint density at radius 2 is 2.30 bits per heavy atom. The van der Waals surface area contributed by atoms with Gasteiger partial charge in [-0.25, -0.2) is 9.56 Å². The zero-order valence-corrected chi connectivity index (χ0v) is 14.0. The summed E-state index contributed by atoms with van der Waals surface area (Å²) in [6.07, 6.45) is 6.47. The van der Waals surface area contributed by atoms with Gasteiger partial charge in [-0.3, -0.25) is 4.79 Å². The number of hydrogen-bond donors (Lipinski definition) is 1. The molecule has 0 fully saturated rings. The third-order valence-corrected chi connectivity index (χ3v) is 4.32. The Morgan fingerprint density at radius 1 is 1.60 bits per heavy atom. The predicted octanol–water partition coefficient (Wildman–Crippen LogP) is 1.78. The molecule has 0 aromatic carbocycles. The SMILES string of the molecule is CCOC(=O)/C=N/P1NC=CC(Br)C=C1C(=O)N(C)C. The molecule has 1 heterocycles. The van der Waals surface area contributed by atoms with Gasteiger partial charge in [0.25, 0.3) is 5.91 Å². The number of amides is 1. The van der Waals surface area contributed by atoms with Crippen molar-refractivity contribution in [3.05, 3.63) is 23.7 Å². The number of nitrogens with zero attached hydrogens (tertiary/aromatic N) is 2. The lowest BCUT2D eigenvalue weighted by Gasteiger charge is -2.18. The van der Waals surface area contributed by atoms with Gasteiger partial charge >= 0.3 is 5.97 Å². The number of allylic oxidation sites excluding steroid dienone is 2. The van der Waals surface area contributed by atoms with Gasteiger partial charge in [-0.15, -0.1) is 0 Å². The lowest BCUT2D eigenvalue weighted by atomic mass is 10.3. The maximum atomic E-state index is 12.2. The average Bonchev–Trinajstić information content (AvgIpc) is 2.57. The van der Waals surface area contributed by atoms with E-state index in [1.807, 2.05) is 6.08 Å². The van der Waals surface area contributed by atoms with Gasteiger partial charge in [-0.05, 0) is 13.1 Å². The molecule has 0 saturated carbocycles. The number of nitrogens with one attached hydrogen (secondary N) is 1. The molecule has 0 aliphatic carbocycles. The summed E-state index contributed by atoms with van der Waals surface area (Å²) in [5, 5.41) is 3.55. The van der Waals surface area contributed by atoms with Gasteiger partial charge in [0.2, 0.25) is 0 Å². The zero-order chi connectivity index (χ0) is 15.1. The van der Waals surface area contributed by atoms with Crippen LogP contribution in [0, 0.1) is 0 Å². The molecular formula is C12H17BrN3O3P. The van der Waals surface area contributed by atoms with Gasteiger partial charge in [0.15, 0.2) is 8.22 Å². The molecule has 0 radical (unpaired) electrons. The van der Waals surface area contributed by atoms with Crippen LogP contribution in [-0.2, 0) is 14.3 Å². The molecule has 2 atom stereocenters. The minimum Gasteiger partial charge on any atom is -0.462 e. The summed E-state index contributed by atoms with van der Waals surface area (Å²) in [7, 11) is 2.02. The molecule has 6 nitrogen and oxygen atoms in total. The Kier molecular flexibility index (Phi) is 6.88. The second-order valence-electron chi connectivity index (χ2n) is 3.99. The fourth-order valence-electron chi connectivity index (χ4n) is 1.32. The van der Waals surface area contributed by atoms with Crippen LogP contribution in [0.15, 0.2) is 28.4 Å². The van der Waals surface area contributed by atoms with Crippen LogP contribution in [0.2, 0.25) is 0 Å². The van der Waals surface area contributed by atoms with E-state index in [0.29, 0.717) is 11.9 Å².